The summed E-state index contributed by atoms with van der Waals surface area (Å²) in [5.41, 5.74) is 2.34. The first-order chi connectivity index (χ1) is 16.4. The summed E-state index contributed by atoms with van der Waals surface area (Å²) in [5, 5.41) is 17.3. The number of carboxylic acid groups (broad SMARTS) is 1. The normalized spacial score (nSPS) is 28.3. The highest BCUT2D eigenvalue weighted by molar-refractivity contribution is 14.1. The Kier molecular flexibility index (Phi) is 5.44. The largest absolute Gasteiger partial charge is 0.465 e. The molecule has 2 aliphatic heterocycles. The van der Waals surface area contributed by atoms with Gasteiger partial charge in [0.15, 0.2) is 15.6 Å². The summed E-state index contributed by atoms with van der Waals surface area (Å²) in [7, 11) is 1.64. The molecule has 5 heterocycles. The van der Waals surface area contributed by atoms with Crippen molar-refractivity contribution in [2.24, 2.45) is 11.8 Å². The van der Waals surface area contributed by atoms with Crippen molar-refractivity contribution in [1.82, 2.24) is 29.6 Å². The molecule has 1 N–H and O–H groups in total. The maximum absolute atomic E-state index is 11.6. The van der Waals surface area contributed by atoms with E-state index < -0.39 is 6.09 Å². The summed E-state index contributed by atoms with van der Waals surface area (Å²) >= 11 is 3.86. The number of nitrogens with zero attached hydrogens (tertiary/aromatic N) is 7. The second-order valence-electron chi connectivity index (χ2n) is 9.55. The Bertz CT molecular complexity index is 1240. The fourth-order valence-electron chi connectivity index (χ4n) is 5.70. The van der Waals surface area contributed by atoms with Gasteiger partial charge in [0.25, 0.3) is 0 Å². The van der Waals surface area contributed by atoms with Gasteiger partial charge in [-0.05, 0) is 60.6 Å². The van der Waals surface area contributed by atoms with Gasteiger partial charge in [-0.1, -0.05) is 0 Å². The average Bonchev–Trinajstić information content (AvgIpc) is 3.30. The summed E-state index contributed by atoms with van der Waals surface area (Å²) in [6, 6.07) is 0. The monoisotopic (exact) mass is 595 g/mol. The number of thiazole rings is 1. The van der Waals surface area contributed by atoms with E-state index in [0.717, 1.165) is 70.3 Å². The number of aryl methyl sites for hydroxylation is 1. The first-order valence-electron chi connectivity index (χ1n) is 11.5. The highest BCUT2D eigenvalue weighted by Crippen LogP contribution is 2.64. The fourth-order valence-corrected chi connectivity index (χ4v) is 7.43. The van der Waals surface area contributed by atoms with E-state index in [1.54, 1.807) is 18.4 Å². The van der Waals surface area contributed by atoms with Gasteiger partial charge in [-0.2, -0.15) is 5.10 Å². The van der Waals surface area contributed by atoms with Crippen LogP contribution >= 0.6 is 33.9 Å². The lowest BCUT2D eigenvalue weighted by molar-refractivity contribution is -0.0372. The van der Waals surface area contributed by atoms with E-state index in [1.807, 2.05) is 17.8 Å². The second-order valence-corrected chi connectivity index (χ2v) is 11.4. The predicted octanol–water partition coefficient (Wildman–Crippen LogP) is 3.51. The van der Waals surface area contributed by atoms with Crippen molar-refractivity contribution in [3.8, 4) is 0 Å². The zero-order chi connectivity index (χ0) is 23.6. The third-order valence-electron chi connectivity index (χ3n) is 7.48. The van der Waals surface area contributed by atoms with Crippen LogP contribution < -0.4 is 4.90 Å². The lowest BCUT2D eigenvalue weighted by Gasteiger charge is -2.29. The Morgan fingerprint density at radius 3 is 2.79 bits per heavy atom. The van der Waals surface area contributed by atoms with Gasteiger partial charge in [-0.25, -0.2) is 24.4 Å². The third-order valence-corrected chi connectivity index (χ3v) is 9.36. The van der Waals surface area contributed by atoms with Crippen LogP contribution in [0.2, 0.25) is 0 Å². The first kappa shape index (κ1) is 22.4. The number of carbonyl (C=O) groups is 1. The molecule has 10 nitrogen and oxygen atoms in total. The summed E-state index contributed by atoms with van der Waals surface area (Å²) in [5.74, 6) is 1.51. The van der Waals surface area contributed by atoms with E-state index in [1.165, 1.54) is 4.90 Å². The van der Waals surface area contributed by atoms with Crippen LogP contribution in [0.25, 0.3) is 11.2 Å². The minimum atomic E-state index is -0.904. The second kappa shape index (κ2) is 8.26. The van der Waals surface area contributed by atoms with Crippen LogP contribution in [0.15, 0.2) is 11.6 Å². The summed E-state index contributed by atoms with van der Waals surface area (Å²) in [4.78, 5) is 29.7. The molecule has 0 aromatic carbocycles. The number of hydrogen-bond donors (Lipinski definition) is 1. The molecule has 3 aliphatic rings. The lowest BCUT2D eigenvalue weighted by atomic mass is 9.99. The van der Waals surface area contributed by atoms with Crippen LogP contribution in [0, 0.1) is 22.5 Å². The van der Waals surface area contributed by atoms with Crippen molar-refractivity contribution in [2.45, 2.75) is 37.8 Å². The number of likely N-dealkylation sites (N-methyl/N-ethyl adjacent to an activating group) is 1. The lowest BCUT2D eigenvalue weighted by Crippen LogP contribution is -2.40. The van der Waals surface area contributed by atoms with E-state index in [-0.39, 0.29) is 11.6 Å². The van der Waals surface area contributed by atoms with Crippen molar-refractivity contribution < 1.29 is 14.6 Å². The topological polar surface area (TPSA) is 110 Å². The number of halogens is 1. The number of fused-ring (bicyclic) bond motifs is 2. The van der Waals surface area contributed by atoms with Gasteiger partial charge in [-0.3, -0.25) is 0 Å². The molecule has 180 valence electrons. The highest BCUT2D eigenvalue weighted by atomic mass is 127. The number of hydrogen-bond acceptors (Lipinski definition) is 8. The molecular formula is C22H26IN7O3S. The number of aromatic nitrogens is 5. The van der Waals surface area contributed by atoms with Gasteiger partial charge in [0, 0.05) is 49.8 Å². The summed E-state index contributed by atoms with van der Waals surface area (Å²) in [6.07, 6.45) is 3.97. The van der Waals surface area contributed by atoms with Crippen LogP contribution in [0.3, 0.4) is 0 Å². The number of amides is 1. The zero-order valence-corrected chi connectivity index (χ0v) is 22.0. The molecule has 6 rings (SSSR count). The number of piperidine rings is 1. The van der Waals surface area contributed by atoms with Gasteiger partial charge in [0.05, 0.1) is 6.20 Å². The standard InChI is InChI=1S/C22H26IN7O3S/c1-12-10-34-20(25-12)22(11-28(2)21(31)32)13-8-29(9-14(13)22)15-7-24-17-18(23)27-30(19(17)26-15)16-5-3-4-6-33-16/h7,10,13-14,16H,3-6,8-9,11H2,1-2H3,(H,31,32)/t13-,14+,16?,22?. The molecule has 3 aromatic heterocycles. The molecule has 4 atom stereocenters. The Hall–Kier alpha value is -2.06. The van der Waals surface area contributed by atoms with E-state index in [9.17, 15) is 9.90 Å². The predicted molar refractivity (Wildman–Crippen MR) is 135 cm³/mol. The minimum Gasteiger partial charge on any atom is -0.465 e. The fraction of sp³-hybridized carbons (Fsp3) is 0.591. The number of rotatable bonds is 5. The molecule has 3 aromatic rings. The van der Waals surface area contributed by atoms with Crippen molar-refractivity contribution in [1.29, 1.82) is 0 Å². The van der Waals surface area contributed by atoms with Crippen molar-refractivity contribution in [3.05, 3.63) is 26.0 Å². The Morgan fingerprint density at radius 1 is 1.35 bits per heavy atom. The van der Waals surface area contributed by atoms with Crippen LogP contribution in [0.4, 0.5) is 10.6 Å². The molecular weight excluding hydrogens is 569 g/mol. The Morgan fingerprint density at radius 2 is 2.15 bits per heavy atom. The van der Waals surface area contributed by atoms with Crippen molar-refractivity contribution in [2.75, 3.05) is 38.2 Å². The minimum absolute atomic E-state index is 0.0938. The third kappa shape index (κ3) is 3.48. The Labute approximate surface area is 214 Å². The molecule has 34 heavy (non-hydrogen) atoms. The molecule has 2 unspecified atom stereocenters. The summed E-state index contributed by atoms with van der Waals surface area (Å²) < 4.78 is 8.70. The zero-order valence-electron chi connectivity index (χ0n) is 19.0. The molecule has 1 aliphatic carbocycles. The van der Waals surface area contributed by atoms with Crippen LogP contribution in [0.5, 0.6) is 0 Å². The molecule has 1 saturated carbocycles. The van der Waals surface area contributed by atoms with Gasteiger partial charge in [-0.15, -0.1) is 11.3 Å². The van der Waals surface area contributed by atoms with E-state index >= 15 is 0 Å². The maximum Gasteiger partial charge on any atom is 0.407 e. The molecule has 0 bridgehead atoms. The molecule has 0 spiro atoms. The molecule has 3 fully saturated rings. The van der Waals surface area contributed by atoms with Gasteiger partial charge in [0.1, 0.15) is 16.3 Å². The molecule has 0 radical (unpaired) electrons. The van der Waals surface area contributed by atoms with Crippen molar-refractivity contribution >= 4 is 57.0 Å². The van der Waals surface area contributed by atoms with Gasteiger partial charge >= 0.3 is 6.09 Å². The number of ether oxygens (including phenoxy) is 1. The summed E-state index contributed by atoms with van der Waals surface area (Å²) in [6.45, 7) is 4.82. The van der Waals surface area contributed by atoms with Crippen LogP contribution in [-0.4, -0.2) is 74.1 Å². The molecule has 12 heteroatoms. The molecule has 1 amide bonds. The molecule has 2 saturated heterocycles. The van der Waals surface area contributed by atoms with E-state index in [2.05, 4.69) is 38.0 Å². The number of anilines is 1. The SMILES string of the molecule is Cc1csc(C2(CN(C)C(=O)O)[C@@H]3CN(c4cnc5c(I)nn(C6CCCCO6)c5n4)C[C@@H]32)n1. The first-order valence-corrected chi connectivity index (χ1v) is 13.5. The Balaban J connectivity index is 1.28. The van der Waals surface area contributed by atoms with E-state index in [4.69, 9.17) is 19.7 Å². The van der Waals surface area contributed by atoms with Crippen LogP contribution in [-0.2, 0) is 10.2 Å². The smallest absolute Gasteiger partial charge is 0.407 e. The van der Waals surface area contributed by atoms with Crippen LogP contribution in [0.1, 0.15) is 36.2 Å². The van der Waals surface area contributed by atoms with E-state index in [0.29, 0.717) is 18.4 Å². The van der Waals surface area contributed by atoms with Crippen molar-refractivity contribution in [3.63, 3.8) is 0 Å². The maximum atomic E-state index is 11.6. The quantitative estimate of drug-likeness (QED) is 0.447. The van der Waals surface area contributed by atoms with Gasteiger partial charge < -0.3 is 19.6 Å². The average molecular weight is 595 g/mol. The highest BCUT2D eigenvalue weighted by Gasteiger charge is 2.71. The van der Waals surface area contributed by atoms with Gasteiger partial charge in [0.2, 0.25) is 0 Å².